The highest BCUT2D eigenvalue weighted by Crippen LogP contribution is 2.46. The van der Waals surface area contributed by atoms with Crippen molar-refractivity contribution in [2.75, 3.05) is 12.3 Å². The second-order valence-corrected chi connectivity index (χ2v) is 9.42. The molecule has 3 aromatic rings. The smallest absolute Gasteiger partial charge is 0.248 e. The van der Waals surface area contributed by atoms with Crippen molar-refractivity contribution >= 4 is 17.8 Å². The van der Waals surface area contributed by atoms with Gasteiger partial charge in [0.2, 0.25) is 17.8 Å². The molecule has 180 valence electrons. The number of aromatic nitrogens is 2. The van der Waals surface area contributed by atoms with E-state index in [9.17, 15) is 14.0 Å². The number of hydrogen-bond acceptors (Lipinski definition) is 5. The zero-order valence-corrected chi connectivity index (χ0v) is 19.4. The van der Waals surface area contributed by atoms with Crippen LogP contribution in [0.1, 0.15) is 66.2 Å². The number of nitrogens with two attached hydrogens (primary N) is 2. The van der Waals surface area contributed by atoms with Crippen LogP contribution in [0.15, 0.2) is 54.7 Å². The summed E-state index contributed by atoms with van der Waals surface area (Å²) in [6.07, 6.45) is 6.59. The number of likely N-dealkylation sites (tertiary alicyclic amines) is 1. The Balaban J connectivity index is 1.56. The number of halogens is 1. The van der Waals surface area contributed by atoms with Crippen LogP contribution in [0.5, 0.6) is 0 Å². The fraction of sp³-hybridized carbons (Fsp3) is 0.333. The third kappa shape index (κ3) is 4.13. The number of hydrogen-bond donors (Lipinski definition) is 2. The highest BCUT2D eigenvalue weighted by atomic mass is 19.1. The summed E-state index contributed by atoms with van der Waals surface area (Å²) in [6, 6.07) is 13.1. The number of anilines is 1. The maximum Gasteiger partial charge on any atom is 0.248 e. The van der Waals surface area contributed by atoms with Crippen LogP contribution in [0.4, 0.5) is 10.3 Å². The minimum absolute atomic E-state index is 0.0538. The minimum atomic E-state index is -0.666. The molecule has 1 saturated carbocycles. The number of benzene rings is 2. The molecule has 8 heteroatoms. The summed E-state index contributed by atoms with van der Waals surface area (Å²) in [4.78, 5) is 36.6. The van der Waals surface area contributed by atoms with E-state index in [0.717, 1.165) is 49.7 Å². The van der Waals surface area contributed by atoms with Crippen molar-refractivity contribution < 1.29 is 14.0 Å². The molecule has 35 heavy (non-hydrogen) atoms. The fourth-order valence-electron chi connectivity index (χ4n) is 5.67. The predicted octanol–water partition coefficient (Wildman–Crippen LogP) is 4.14. The third-order valence-corrected chi connectivity index (χ3v) is 7.39. The van der Waals surface area contributed by atoms with Gasteiger partial charge in [-0.2, -0.15) is 0 Å². The van der Waals surface area contributed by atoms with Gasteiger partial charge in [0.25, 0.3) is 0 Å². The zero-order chi connectivity index (χ0) is 24.6. The number of carbonyl (C=O) groups excluding carboxylic acids is 2. The van der Waals surface area contributed by atoms with Crippen molar-refractivity contribution in [3.63, 3.8) is 0 Å². The molecule has 2 amide bonds. The van der Waals surface area contributed by atoms with Gasteiger partial charge in [-0.1, -0.05) is 37.1 Å². The second-order valence-electron chi connectivity index (χ2n) is 9.42. The van der Waals surface area contributed by atoms with E-state index in [0.29, 0.717) is 23.4 Å². The van der Waals surface area contributed by atoms with Gasteiger partial charge in [-0.3, -0.25) is 9.59 Å². The fourth-order valence-corrected chi connectivity index (χ4v) is 5.67. The number of nitrogens with zero attached hydrogens (tertiary/aromatic N) is 3. The molecule has 4 N–H and O–H groups in total. The largest absolute Gasteiger partial charge is 0.368 e. The molecule has 0 bridgehead atoms. The topological polar surface area (TPSA) is 115 Å². The van der Waals surface area contributed by atoms with Crippen LogP contribution in [0.2, 0.25) is 0 Å². The summed E-state index contributed by atoms with van der Waals surface area (Å²) in [5.41, 5.74) is 14.2. The molecule has 1 saturated heterocycles. The zero-order valence-electron chi connectivity index (χ0n) is 19.4. The first-order valence-corrected chi connectivity index (χ1v) is 12.0. The maximum atomic E-state index is 14.2. The molecule has 0 spiro atoms. The van der Waals surface area contributed by atoms with Gasteiger partial charge in [-0.25, -0.2) is 14.4 Å². The van der Waals surface area contributed by atoms with Gasteiger partial charge in [-0.05, 0) is 61.1 Å². The van der Waals surface area contributed by atoms with E-state index in [1.807, 2.05) is 11.0 Å². The lowest BCUT2D eigenvalue weighted by Gasteiger charge is -2.36. The molecule has 2 fully saturated rings. The number of primary amides is 1. The van der Waals surface area contributed by atoms with Gasteiger partial charge in [0.05, 0.1) is 17.2 Å². The van der Waals surface area contributed by atoms with Gasteiger partial charge in [0.15, 0.2) is 0 Å². The van der Waals surface area contributed by atoms with E-state index in [4.69, 9.17) is 11.5 Å². The molecular weight excluding hydrogens is 445 g/mol. The van der Waals surface area contributed by atoms with Crippen molar-refractivity contribution in [1.82, 2.24) is 14.9 Å². The van der Waals surface area contributed by atoms with Crippen LogP contribution < -0.4 is 11.5 Å². The van der Waals surface area contributed by atoms with E-state index in [2.05, 4.69) is 9.97 Å². The molecule has 5 rings (SSSR count). The van der Waals surface area contributed by atoms with Crippen molar-refractivity contribution in [1.29, 1.82) is 0 Å². The number of amides is 2. The Bertz CT molecular complexity index is 1270. The van der Waals surface area contributed by atoms with Crippen molar-refractivity contribution in [3.8, 4) is 11.1 Å². The average molecular weight is 474 g/mol. The molecule has 7 nitrogen and oxygen atoms in total. The van der Waals surface area contributed by atoms with E-state index in [1.165, 1.54) is 12.1 Å². The monoisotopic (exact) mass is 473 g/mol. The molecule has 1 aliphatic heterocycles. The Labute approximate surface area is 203 Å². The Kier molecular flexibility index (Phi) is 5.96. The van der Waals surface area contributed by atoms with Crippen LogP contribution >= 0.6 is 0 Å². The Morgan fingerprint density at radius 2 is 1.80 bits per heavy atom. The Morgan fingerprint density at radius 3 is 2.51 bits per heavy atom. The van der Waals surface area contributed by atoms with Gasteiger partial charge < -0.3 is 16.4 Å². The van der Waals surface area contributed by atoms with Crippen molar-refractivity contribution in [2.24, 2.45) is 5.73 Å². The van der Waals surface area contributed by atoms with Gasteiger partial charge >= 0.3 is 0 Å². The van der Waals surface area contributed by atoms with E-state index in [1.54, 1.807) is 36.5 Å². The highest BCUT2D eigenvalue weighted by molar-refractivity contribution is 5.94. The normalized spacial score (nSPS) is 19.1. The van der Waals surface area contributed by atoms with Crippen LogP contribution in [0.3, 0.4) is 0 Å². The van der Waals surface area contributed by atoms with Crippen LogP contribution in [0, 0.1) is 5.82 Å². The SMILES string of the molecule is NC(=O)c1cccc(-c2cnc(N)nc2C2CCCN2C(=O)C2(c3ccc(F)cc3)CCCC2)c1. The first-order valence-electron chi connectivity index (χ1n) is 12.0. The van der Waals surface area contributed by atoms with Crippen molar-refractivity contribution in [3.05, 3.63) is 77.4 Å². The molecule has 2 heterocycles. The Hall–Kier alpha value is -3.81. The summed E-state index contributed by atoms with van der Waals surface area (Å²) in [5, 5.41) is 0. The summed E-state index contributed by atoms with van der Waals surface area (Å²) in [6.45, 7) is 0.608. The molecule has 1 aromatic heterocycles. The first-order chi connectivity index (χ1) is 16.9. The first kappa shape index (κ1) is 23.0. The number of rotatable bonds is 5. The van der Waals surface area contributed by atoms with E-state index < -0.39 is 11.3 Å². The molecule has 0 radical (unpaired) electrons. The predicted molar refractivity (Wildman–Crippen MR) is 131 cm³/mol. The lowest BCUT2D eigenvalue weighted by Crippen LogP contribution is -2.45. The number of carbonyl (C=O) groups is 2. The average Bonchev–Trinajstić information content (AvgIpc) is 3.55. The standard InChI is InChI=1S/C27H28FN5O2/c28-20-10-8-19(9-11-20)27(12-1-2-13-27)25(35)33-14-4-7-22(33)23-21(16-31-26(30)32-23)17-5-3-6-18(15-17)24(29)34/h3,5-6,8-11,15-16,22H,1-2,4,7,12-14H2,(H2,29,34)(H2,30,31,32). The quantitative estimate of drug-likeness (QED) is 0.578. The lowest BCUT2D eigenvalue weighted by atomic mass is 9.77. The molecule has 2 aliphatic rings. The summed E-state index contributed by atoms with van der Waals surface area (Å²) in [5.74, 6) is -0.654. The summed E-state index contributed by atoms with van der Waals surface area (Å²) in [7, 11) is 0. The maximum absolute atomic E-state index is 14.2. The molecular formula is C27H28FN5O2. The molecule has 2 aromatic carbocycles. The van der Waals surface area contributed by atoms with Crippen LogP contribution in [0.25, 0.3) is 11.1 Å². The lowest BCUT2D eigenvalue weighted by molar-refractivity contribution is -0.138. The van der Waals surface area contributed by atoms with E-state index >= 15 is 0 Å². The van der Waals surface area contributed by atoms with Crippen LogP contribution in [-0.2, 0) is 10.2 Å². The van der Waals surface area contributed by atoms with Crippen molar-refractivity contribution in [2.45, 2.75) is 50.0 Å². The summed E-state index contributed by atoms with van der Waals surface area (Å²) >= 11 is 0. The minimum Gasteiger partial charge on any atom is -0.368 e. The summed E-state index contributed by atoms with van der Waals surface area (Å²) < 4.78 is 13.7. The third-order valence-electron chi connectivity index (χ3n) is 7.39. The number of nitrogen functional groups attached to an aromatic ring is 1. The molecule has 1 atom stereocenters. The van der Waals surface area contributed by atoms with Gasteiger partial charge in [0.1, 0.15) is 5.82 Å². The van der Waals surface area contributed by atoms with E-state index in [-0.39, 0.29) is 23.7 Å². The second kappa shape index (κ2) is 9.09. The van der Waals surface area contributed by atoms with Gasteiger partial charge in [0, 0.05) is 23.9 Å². The highest BCUT2D eigenvalue weighted by Gasteiger charge is 2.48. The van der Waals surface area contributed by atoms with Crippen LogP contribution in [-0.4, -0.2) is 33.2 Å². The molecule has 1 aliphatic carbocycles. The molecule has 1 unspecified atom stereocenters. The Morgan fingerprint density at radius 1 is 1.06 bits per heavy atom. The van der Waals surface area contributed by atoms with Gasteiger partial charge in [-0.15, -0.1) is 0 Å².